The molecule has 0 saturated heterocycles. The molecule has 14 heavy (non-hydrogen) atoms. The predicted octanol–water partition coefficient (Wildman–Crippen LogP) is 1.00. The highest BCUT2D eigenvalue weighted by Crippen LogP contribution is 2.32. The number of nitrogens with zero attached hydrogens (tertiary/aromatic N) is 1. The van der Waals surface area contributed by atoms with Gasteiger partial charge in [0.15, 0.2) is 0 Å². The maximum atomic E-state index is 9.68. The summed E-state index contributed by atoms with van der Waals surface area (Å²) in [5, 5.41) is 9.68. The lowest BCUT2D eigenvalue weighted by molar-refractivity contribution is 0.180. The van der Waals surface area contributed by atoms with Crippen LogP contribution in [0.5, 0.6) is 0 Å². The van der Waals surface area contributed by atoms with Crippen LogP contribution in [-0.4, -0.2) is 18.0 Å². The van der Waals surface area contributed by atoms with Gasteiger partial charge in [-0.15, -0.1) is 0 Å². The standard InChI is InChI=1S/C11H14N2O/c1-13-11(12)9-4-2-3-8-7(9)5-6-10(8)14/h2-4,10,14H,5-6H2,1H3,(H2,12,13). The summed E-state index contributed by atoms with van der Waals surface area (Å²) in [7, 11) is 1.68. The highest BCUT2D eigenvalue weighted by molar-refractivity contribution is 5.99. The summed E-state index contributed by atoms with van der Waals surface area (Å²) in [6.07, 6.45) is 1.36. The quantitative estimate of drug-likeness (QED) is 0.512. The van der Waals surface area contributed by atoms with Crippen molar-refractivity contribution in [3.63, 3.8) is 0 Å². The molecule has 3 N–H and O–H groups in total. The number of aliphatic hydroxyl groups excluding tert-OH is 1. The topological polar surface area (TPSA) is 58.6 Å². The van der Waals surface area contributed by atoms with E-state index in [2.05, 4.69) is 4.99 Å². The van der Waals surface area contributed by atoms with Gasteiger partial charge in [-0.25, -0.2) is 0 Å². The van der Waals surface area contributed by atoms with Gasteiger partial charge in [0.25, 0.3) is 0 Å². The van der Waals surface area contributed by atoms with Crippen LogP contribution >= 0.6 is 0 Å². The summed E-state index contributed by atoms with van der Waals surface area (Å²) in [6.45, 7) is 0. The second-order valence-electron chi connectivity index (χ2n) is 3.54. The van der Waals surface area contributed by atoms with Gasteiger partial charge in [-0.2, -0.15) is 0 Å². The number of aliphatic hydroxyl groups is 1. The summed E-state index contributed by atoms with van der Waals surface area (Å²) >= 11 is 0. The summed E-state index contributed by atoms with van der Waals surface area (Å²) in [5.41, 5.74) is 8.92. The number of nitrogens with two attached hydrogens (primary N) is 1. The first kappa shape index (κ1) is 9.21. The molecule has 2 rings (SSSR count). The molecule has 0 radical (unpaired) electrons. The van der Waals surface area contributed by atoms with Crippen molar-refractivity contribution in [1.82, 2.24) is 0 Å². The van der Waals surface area contributed by atoms with E-state index in [0.29, 0.717) is 5.84 Å². The molecular formula is C11H14N2O. The maximum absolute atomic E-state index is 9.68. The lowest BCUT2D eigenvalue weighted by atomic mass is 10.0. The van der Waals surface area contributed by atoms with Crippen LogP contribution in [0.1, 0.15) is 29.2 Å². The zero-order chi connectivity index (χ0) is 10.1. The number of aliphatic imine (C=N–C) groups is 1. The Morgan fingerprint density at radius 1 is 1.57 bits per heavy atom. The first-order valence-electron chi connectivity index (χ1n) is 4.76. The molecule has 0 bridgehead atoms. The minimum atomic E-state index is -0.324. The van der Waals surface area contributed by atoms with E-state index in [9.17, 15) is 5.11 Å². The maximum Gasteiger partial charge on any atom is 0.125 e. The van der Waals surface area contributed by atoms with E-state index >= 15 is 0 Å². The van der Waals surface area contributed by atoms with Crippen LogP contribution in [0.2, 0.25) is 0 Å². The molecule has 1 aliphatic rings. The molecule has 1 unspecified atom stereocenters. The lowest BCUT2D eigenvalue weighted by Gasteiger charge is -2.08. The summed E-state index contributed by atoms with van der Waals surface area (Å²) in [4.78, 5) is 3.97. The van der Waals surface area contributed by atoms with Gasteiger partial charge in [-0.3, -0.25) is 4.99 Å². The Labute approximate surface area is 83.3 Å². The van der Waals surface area contributed by atoms with Gasteiger partial charge in [-0.05, 0) is 24.0 Å². The summed E-state index contributed by atoms with van der Waals surface area (Å²) < 4.78 is 0. The molecule has 1 aromatic carbocycles. The van der Waals surface area contributed by atoms with Crippen molar-refractivity contribution in [2.24, 2.45) is 10.7 Å². The molecule has 0 saturated carbocycles. The van der Waals surface area contributed by atoms with Crippen LogP contribution in [0.15, 0.2) is 23.2 Å². The molecule has 0 aromatic heterocycles. The van der Waals surface area contributed by atoms with Crippen molar-refractivity contribution in [2.75, 3.05) is 7.05 Å². The zero-order valence-corrected chi connectivity index (χ0v) is 8.20. The van der Waals surface area contributed by atoms with Crippen LogP contribution in [0.3, 0.4) is 0 Å². The van der Waals surface area contributed by atoms with E-state index in [1.165, 1.54) is 0 Å². The normalized spacial score (nSPS) is 21.0. The van der Waals surface area contributed by atoms with Crippen molar-refractivity contribution in [3.8, 4) is 0 Å². The van der Waals surface area contributed by atoms with E-state index in [1.54, 1.807) is 7.05 Å². The lowest BCUT2D eigenvalue weighted by Crippen LogP contribution is -2.15. The highest BCUT2D eigenvalue weighted by Gasteiger charge is 2.23. The van der Waals surface area contributed by atoms with Gasteiger partial charge in [0, 0.05) is 12.6 Å². The molecule has 0 heterocycles. The number of hydrogen-bond donors (Lipinski definition) is 2. The van der Waals surface area contributed by atoms with Gasteiger partial charge in [0.05, 0.1) is 6.10 Å². The van der Waals surface area contributed by atoms with Gasteiger partial charge >= 0.3 is 0 Å². The number of fused-ring (bicyclic) bond motifs is 1. The Bertz CT molecular complexity index is 385. The van der Waals surface area contributed by atoms with E-state index in [1.807, 2.05) is 18.2 Å². The average molecular weight is 190 g/mol. The molecule has 74 valence electrons. The van der Waals surface area contributed by atoms with Crippen molar-refractivity contribution in [1.29, 1.82) is 0 Å². The second-order valence-corrected chi connectivity index (χ2v) is 3.54. The van der Waals surface area contributed by atoms with Gasteiger partial charge in [0.2, 0.25) is 0 Å². The van der Waals surface area contributed by atoms with Gasteiger partial charge in [-0.1, -0.05) is 18.2 Å². The Hall–Kier alpha value is -1.35. The minimum absolute atomic E-state index is 0.324. The highest BCUT2D eigenvalue weighted by atomic mass is 16.3. The third-order valence-electron chi connectivity index (χ3n) is 2.76. The largest absolute Gasteiger partial charge is 0.388 e. The fourth-order valence-electron chi connectivity index (χ4n) is 1.99. The van der Waals surface area contributed by atoms with E-state index in [-0.39, 0.29) is 6.10 Å². The fraction of sp³-hybridized carbons (Fsp3) is 0.364. The van der Waals surface area contributed by atoms with Crippen LogP contribution in [0.4, 0.5) is 0 Å². The smallest absolute Gasteiger partial charge is 0.125 e. The van der Waals surface area contributed by atoms with Crippen molar-refractivity contribution >= 4 is 5.84 Å². The second kappa shape index (κ2) is 3.42. The molecule has 0 fully saturated rings. The molecule has 1 aliphatic carbocycles. The first-order valence-corrected chi connectivity index (χ1v) is 4.76. The van der Waals surface area contributed by atoms with Crippen LogP contribution in [0, 0.1) is 0 Å². The molecule has 3 heteroatoms. The van der Waals surface area contributed by atoms with E-state index in [0.717, 1.165) is 29.5 Å². The summed E-state index contributed by atoms with van der Waals surface area (Å²) in [6, 6.07) is 5.83. The molecule has 0 amide bonds. The Balaban J connectivity index is 2.54. The Kier molecular flexibility index (Phi) is 2.25. The Morgan fingerprint density at radius 3 is 3.07 bits per heavy atom. The Morgan fingerprint density at radius 2 is 2.36 bits per heavy atom. The van der Waals surface area contributed by atoms with E-state index in [4.69, 9.17) is 5.73 Å². The molecule has 3 nitrogen and oxygen atoms in total. The zero-order valence-electron chi connectivity index (χ0n) is 8.20. The fourth-order valence-corrected chi connectivity index (χ4v) is 1.99. The SMILES string of the molecule is CN=C(N)c1cccc2c1CCC2O. The number of amidine groups is 1. The molecular weight excluding hydrogens is 176 g/mol. The van der Waals surface area contributed by atoms with Gasteiger partial charge in [0.1, 0.15) is 5.84 Å². The third-order valence-corrected chi connectivity index (χ3v) is 2.76. The van der Waals surface area contributed by atoms with Crippen LogP contribution < -0.4 is 5.73 Å². The molecule has 1 atom stereocenters. The molecule has 0 spiro atoms. The first-order chi connectivity index (χ1) is 6.74. The number of rotatable bonds is 1. The van der Waals surface area contributed by atoms with Crippen molar-refractivity contribution in [2.45, 2.75) is 18.9 Å². The summed E-state index contributed by atoms with van der Waals surface area (Å²) in [5.74, 6) is 0.552. The predicted molar refractivity (Wildman–Crippen MR) is 56.4 cm³/mol. The minimum Gasteiger partial charge on any atom is -0.388 e. The van der Waals surface area contributed by atoms with Crippen molar-refractivity contribution in [3.05, 3.63) is 34.9 Å². The molecule has 1 aromatic rings. The van der Waals surface area contributed by atoms with Crippen molar-refractivity contribution < 1.29 is 5.11 Å². The third kappa shape index (κ3) is 1.30. The number of benzene rings is 1. The monoisotopic (exact) mass is 190 g/mol. The average Bonchev–Trinajstić information content (AvgIpc) is 2.59. The van der Waals surface area contributed by atoms with Crippen LogP contribution in [-0.2, 0) is 6.42 Å². The molecule has 0 aliphatic heterocycles. The van der Waals surface area contributed by atoms with E-state index < -0.39 is 0 Å². The van der Waals surface area contributed by atoms with Crippen LogP contribution in [0.25, 0.3) is 0 Å². The number of hydrogen-bond acceptors (Lipinski definition) is 2. The van der Waals surface area contributed by atoms with Gasteiger partial charge < -0.3 is 10.8 Å².